The first-order valence-corrected chi connectivity index (χ1v) is 7.05. The van der Waals surface area contributed by atoms with Crippen LogP contribution in [0.15, 0.2) is 24.3 Å². The molecule has 1 aromatic heterocycles. The Morgan fingerprint density at radius 3 is 2.68 bits per heavy atom. The molecule has 3 nitrogen and oxygen atoms in total. The monoisotopic (exact) mass is 280 g/mol. The molecule has 0 saturated heterocycles. The summed E-state index contributed by atoms with van der Waals surface area (Å²) in [4.78, 5) is 3.44. The van der Waals surface area contributed by atoms with Gasteiger partial charge in [0, 0.05) is 34.2 Å². The second-order valence-corrected chi connectivity index (χ2v) is 6.23. The van der Waals surface area contributed by atoms with E-state index < -0.39 is 6.10 Å². The molecule has 1 aromatic carbocycles. The van der Waals surface area contributed by atoms with E-state index in [2.05, 4.69) is 49.3 Å². The Balaban J connectivity index is 2.21. The van der Waals surface area contributed by atoms with E-state index in [0.717, 1.165) is 11.2 Å². The van der Waals surface area contributed by atoms with Crippen LogP contribution in [0.2, 0.25) is 0 Å². The maximum atomic E-state index is 9.44. The highest BCUT2D eigenvalue weighted by atomic mass is 35.5. The Labute approximate surface area is 119 Å². The summed E-state index contributed by atoms with van der Waals surface area (Å²) in [7, 11) is 0. The number of aliphatic hydroxyl groups is 1. The molecule has 2 rings (SSSR count). The first-order valence-electron chi connectivity index (χ1n) is 6.51. The van der Waals surface area contributed by atoms with Crippen molar-refractivity contribution < 1.29 is 5.11 Å². The number of aromatic amines is 1. The molecule has 0 aliphatic rings. The highest BCUT2D eigenvalue weighted by Gasteiger charge is 2.16. The van der Waals surface area contributed by atoms with Gasteiger partial charge in [0.15, 0.2) is 0 Å². The molecule has 2 aromatic rings. The predicted octanol–water partition coefficient (Wildman–Crippen LogP) is 3.48. The number of halogens is 1. The van der Waals surface area contributed by atoms with Gasteiger partial charge in [-0.1, -0.05) is 20.8 Å². The van der Waals surface area contributed by atoms with Gasteiger partial charge in [-0.15, -0.1) is 11.6 Å². The van der Waals surface area contributed by atoms with Crippen LogP contribution in [-0.2, 0) is 5.41 Å². The van der Waals surface area contributed by atoms with Crippen LogP contribution in [0.4, 0.5) is 5.69 Å². The first-order chi connectivity index (χ1) is 8.90. The largest absolute Gasteiger partial charge is 0.390 e. The standard InChI is InChI=1S/C15H21ClN2O/c1-15(2,3)14-7-10-6-11(4-5-13(10)18-14)17-9-12(19)8-16/h4-7,12,17-19H,8-9H2,1-3H3. The van der Waals surface area contributed by atoms with Gasteiger partial charge in [-0.05, 0) is 24.3 Å². The SMILES string of the molecule is CC(C)(C)c1cc2cc(NCC(O)CCl)ccc2[nH]1. The minimum atomic E-state index is -0.520. The maximum Gasteiger partial charge on any atom is 0.0847 e. The third kappa shape index (κ3) is 3.43. The fraction of sp³-hybridized carbons (Fsp3) is 0.467. The van der Waals surface area contributed by atoms with Crippen molar-refractivity contribution in [2.45, 2.75) is 32.3 Å². The van der Waals surface area contributed by atoms with E-state index in [1.807, 2.05) is 6.07 Å². The molecule has 0 bridgehead atoms. The topological polar surface area (TPSA) is 48.0 Å². The number of hydrogen-bond donors (Lipinski definition) is 3. The van der Waals surface area contributed by atoms with Crippen molar-refractivity contribution in [3.63, 3.8) is 0 Å². The number of fused-ring (bicyclic) bond motifs is 1. The third-order valence-electron chi connectivity index (χ3n) is 3.15. The van der Waals surface area contributed by atoms with Crippen LogP contribution in [0, 0.1) is 0 Å². The number of aliphatic hydroxyl groups excluding tert-OH is 1. The van der Waals surface area contributed by atoms with Crippen LogP contribution >= 0.6 is 11.6 Å². The number of aromatic nitrogens is 1. The van der Waals surface area contributed by atoms with Gasteiger partial charge in [0.05, 0.1) is 12.0 Å². The Hall–Kier alpha value is -1.19. The van der Waals surface area contributed by atoms with Crippen molar-refractivity contribution in [3.05, 3.63) is 30.0 Å². The first kappa shape index (κ1) is 14.2. The molecule has 104 valence electrons. The molecule has 3 N–H and O–H groups in total. The van der Waals surface area contributed by atoms with Crippen molar-refractivity contribution in [2.75, 3.05) is 17.7 Å². The third-order valence-corrected chi connectivity index (χ3v) is 3.50. The van der Waals surface area contributed by atoms with Crippen LogP contribution in [0.1, 0.15) is 26.5 Å². The van der Waals surface area contributed by atoms with E-state index in [0.29, 0.717) is 6.54 Å². The van der Waals surface area contributed by atoms with E-state index >= 15 is 0 Å². The Bertz CT molecular complexity index is 557. The molecule has 1 unspecified atom stereocenters. The highest BCUT2D eigenvalue weighted by Crippen LogP contribution is 2.27. The average molecular weight is 281 g/mol. The van der Waals surface area contributed by atoms with Crippen molar-refractivity contribution in [1.82, 2.24) is 4.98 Å². The smallest absolute Gasteiger partial charge is 0.0847 e. The summed E-state index contributed by atoms with van der Waals surface area (Å²) in [6.45, 7) is 7.03. The van der Waals surface area contributed by atoms with Crippen LogP contribution < -0.4 is 5.32 Å². The van der Waals surface area contributed by atoms with Crippen molar-refractivity contribution in [1.29, 1.82) is 0 Å². The number of anilines is 1. The van der Waals surface area contributed by atoms with E-state index in [4.69, 9.17) is 11.6 Å². The summed E-state index contributed by atoms with van der Waals surface area (Å²) < 4.78 is 0. The lowest BCUT2D eigenvalue weighted by Gasteiger charge is -2.15. The number of alkyl halides is 1. The maximum absolute atomic E-state index is 9.44. The zero-order valence-corrected chi connectivity index (χ0v) is 12.4. The summed E-state index contributed by atoms with van der Waals surface area (Å²) >= 11 is 5.57. The zero-order valence-electron chi connectivity index (χ0n) is 11.6. The summed E-state index contributed by atoms with van der Waals surface area (Å²) in [6.07, 6.45) is -0.520. The molecule has 19 heavy (non-hydrogen) atoms. The fourth-order valence-electron chi connectivity index (χ4n) is 1.94. The van der Waals surface area contributed by atoms with Gasteiger partial charge in [0.25, 0.3) is 0 Å². The van der Waals surface area contributed by atoms with Gasteiger partial charge in [-0.2, -0.15) is 0 Å². The van der Waals surface area contributed by atoms with Crippen LogP contribution in [0.3, 0.4) is 0 Å². The summed E-state index contributed by atoms with van der Waals surface area (Å²) in [5.74, 6) is 0.244. The van der Waals surface area contributed by atoms with Crippen LogP contribution in [-0.4, -0.2) is 28.6 Å². The van der Waals surface area contributed by atoms with E-state index in [-0.39, 0.29) is 11.3 Å². The Kier molecular flexibility index (Phi) is 4.07. The van der Waals surface area contributed by atoms with Gasteiger partial charge in [0.1, 0.15) is 0 Å². The van der Waals surface area contributed by atoms with Gasteiger partial charge >= 0.3 is 0 Å². The zero-order chi connectivity index (χ0) is 14.0. The van der Waals surface area contributed by atoms with E-state index in [1.165, 1.54) is 11.1 Å². The number of rotatable bonds is 4. The average Bonchev–Trinajstić information content (AvgIpc) is 2.78. The van der Waals surface area contributed by atoms with Crippen molar-refractivity contribution in [3.8, 4) is 0 Å². The van der Waals surface area contributed by atoms with Gasteiger partial charge in [-0.25, -0.2) is 0 Å². The predicted molar refractivity (Wildman–Crippen MR) is 82.2 cm³/mol. The fourth-order valence-corrected chi connectivity index (χ4v) is 2.05. The Morgan fingerprint density at radius 2 is 2.05 bits per heavy atom. The number of hydrogen-bond acceptors (Lipinski definition) is 2. The minimum Gasteiger partial charge on any atom is -0.390 e. The molecule has 1 heterocycles. The number of benzene rings is 1. The second-order valence-electron chi connectivity index (χ2n) is 5.92. The normalized spacial score (nSPS) is 13.7. The van der Waals surface area contributed by atoms with Crippen molar-refractivity contribution >= 4 is 28.2 Å². The molecule has 0 fully saturated rings. The lowest BCUT2D eigenvalue weighted by Crippen LogP contribution is -2.20. The van der Waals surface area contributed by atoms with Gasteiger partial charge in [0.2, 0.25) is 0 Å². The lowest BCUT2D eigenvalue weighted by atomic mass is 9.92. The minimum absolute atomic E-state index is 0.113. The van der Waals surface area contributed by atoms with E-state index in [1.54, 1.807) is 0 Å². The molecule has 0 spiro atoms. The van der Waals surface area contributed by atoms with Gasteiger partial charge < -0.3 is 15.4 Å². The molecule has 0 aliphatic heterocycles. The van der Waals surface area contributed by atoms with Crippen molar-refractivity contribution in [2.24, 2.45) is 0 Å². The molecule has 4 heteroatoms. The van der Waals surface area contributed by atoms with Crippen LogP contribution in [0.5, 0.6) is 0 Å². The summed E-state index contributed by atoms with van der Waals surface area (Å²) in [5, 5.41) is 13.8. The quantitative estimate of drug-likeness (QED) is 0.751. The summed E-state index contributed by atoms with van der Waals surface area (Å²) in [5.41, 5.74) is 3.46. The lowest BCUT2D eigenvalue weighted by molar-refractivity contribution is 0.211. The van der Waals surface area contributed by atoms with E-state index in [9.17, 15) is 5.11 Å². The van der Waals surface area contributed by atoms with Crippen LogP contribution in [0.25, 0.3) is 10.9 Å². The van der Waals surface area contributed by atoms with Gasteiger partial charge in [-0.3, -0.25) is 0 Å². The molecular formula is C15H21ClN2O. The molecule has 0 amide bonds. The second kappa shape index (κ2) is 5.43. The molecule has 0 aliphatic carbocycles. The molecular weight excluding hydrogens is 260 g/mol. The number of H-pyrrole nitrogens is 1. The number of nitrogens with one attached hydrogen (secondary N) is 2. The Morgan fingerprint density at radius 1 is 1.32 bits per heavy atom. The molecule has 1 atom stereocenters. The molecule has 0 radical (unpaired) electrons. The summed E-state index contributed by atoms with van der Waals surface area (Å²) in [6, 6.07) is 8.33. The highest BCUT2D eigenvalue weighted by molar-refractivity contribution is 6.18. The molecule has 0 saturated carbocycles.